The first-order valence-electron chi connectivity index (χ1n) is 33.8. The normalized spacial score (nSPS) is 13.2. The smallest absolute Gasteiger partial charge is 0.305 e. The molecule has 0 aromatic rings. The summed E-state index contributed by atoms with van der Waals surface area (Å²) in [6, 6.07) is -0.748. The van der Waals surface area contributed by atoms with Gasteiger partial charge in [-0.3, -0.25) is 9.59 Å². The largest absolute Gasteiger partial charge is 0.466 e. The van der Waals surface area contributed by atoms with Crippen LogP contribution in [0.1, 0.15) is 361 Å². The summed E-state index contributed by atoms with van der Waals surface area (Å²) in [6.45, 7) is 4.79. The lowest BCUT2D eigenvalue weighted by molar-refractivity contribution is -0.143. The molecule has 0 saturated carbocycles. The Kier molecular flexibility index (Phi) is 62.2. The predicted molar refractivity (Wildman–Crippen MR) is 330 cm³/mol. The fraction of sp³-hybridized carbons (Fsp3) is 0.884. The van der Waals surface area contributed by atoms with Crippen molar-refractivity contribution in [2.45, 2.75) is 379 Å². The molecule has 7 heteroatoms. The number of aliphatic hydroxyl groups is 3. The highest BCUT2D eigenvalue weighted by molar-refractivity contribution is 5.76. The minimum absolute atomic E-state index is 0.00199. The van der Waals surface area contributed by atoms with Crippen LogP contribution < -0.4 is 5.32 Å². The fourth-order valence-corrected chi connectivity index (χ4v) is 10.5. The molecule has 0 unspecified atom stereocenters. The summed E-state index contributed by atoms with van der Waals surface area (Å²) < 4.78 is 5.48. The number of carbonyl (C=O) groups is 2. The van der Waals surface area contributed by atoms with E-state index in [9.17, 15) is 24.9 Å². The van der Waals surface area contributed by atoms with Gasteiger partial charge < -0.3 is 25.4 Å². The van der Waals surface area contributed by atoms with Gasteiger partial charge in [0.05, 0.1) is 31.5 Å². The average molecular weight is 1070 g/mol. The first-order chi connectivity index (χ1) is 37.4. The second kappa shape index (κ2) is 63.9. The third-order valence-corrected chi connectivity index (χ3v) is 15.7. The minimum atomic E-state index is -1.02. The van der Waals surface area contributed by atoms with Crippen molar-refractivity contribution in [2.75, 3.05) is 13.2 Å². The topological polar surface area (TPSA) is 116 Å². The van der Waals surface area contributed by atoms with Crippen LogP contribution in [0.5, 0.6) is 0 Å². The number of carbonyl (C=O) groups excluding carboxylic acids is 2. The van der Waals surface area contributed by atoms with Crippen LogP contribution in [0.25, 0.3) is 0 Å². The molecule has 0 aromatic carbocycles. The molecule has 0 aliphatic rings. The molecule has 448 valence electrons. The van der Waals surface area contributed by atoms with Gasteiger partial charge in [-0.05, 0) is 57.8 Å². The van der Waals surface area contributed by atoms with Crippen molar-refractivity contribution in [3.63, 3.8) is 0 Å². The van der Waals surface area contributed by atoms with E-state index in [-0.39, 0.29) is 18.5 Å². The van der Waals surface area contributed by atoms with E-state index in [0.717, 1.165) is 57.8 Å². The predicted octanol–water partition coefficient (Wildman–Crippen LogP) is 20.5. The van der Waals surface area contributed by atoms with Gasteiger partial charge in [0, 0.05) is 12.8 Å². The number of ether oxygens (including phenoxy) is 1. The molecule has 4 N–H and O–H groups in total. The Morgan fingerprint density at radius 3 is 1.13 bits per heavy atom. The molecule has 0 aliphatic heterocycles. The maximum Gasteiger partial charge on any atom is 0.305 e. The highest BCUT2D eigenvalue weighted by Gasteiger charge is 2.18. The molecule has 0 spiro atoms. The molecule has 0 saturated heterocycles. The van der Waals surface area contributed by atoms with E-state index in [4.69, 9.17) is 4.74 Å². The Hall–Kier alpha value is -1.96. The van der Waals surface area contributed by atoms with E-state index in [0.29, 0.717) is 25.9 Å². The lowest BCUT2D eigenvalue weighted by Crippen LogP contribution is -2.45. The number of nitrogens with one attached hydrogen (secondary N) is 1. The number of rotatable bonds is 63. The van der Waals surface area contributed by atoms with Crippen LogP contribution in [0.4, 0.5) is 0 Å². The molecule has 0 fully saturated rings. The van der Waals surface area contributed by atoms with E-state index in [2.05, 4.69) is 43.5 Å². The van der Waals surface area contributed by atoms with Crippen LogP contribution >= 0.6 is 0 Å². The summed E-state index contributed by atoms with van der Waals surface area (Å²) >= 11 is 0. The van der Waals surface area contributed by atoms with Crippen molar-refractivity contribution in [1.82, 2.24) is 5.32 Å². The second-order valence-corrected chi connectivity index (χ2v) is 23.3. The lowest BCUT2D eigenvalue weighted by atomic mass is 10.0. The van der Waals surface area contributed by atoms with E-state index < -0.39 is 18.2 Å². The molecule has 1 amide bonds. The van der Waals surface area contributed by atoms with Gasteiger partial charge >= 0.3 is 5.97 Å². The monoisotopic (exact) mass is 1070 g/mol. The number of allylic oxidation sites excluding steroid dienone is 4. The first-order valence-corrected chi connectivity index (χ1v) is 33.8. The summed E-state index contributed by atoms with van der Waals surface area (Å²) in [4.78, 5) is 24.6. The summed E-state index contributed by atoms with van der Waals surface area (Å²) in [5.41, 5.74) is 0. The van der Waals surface area contributed by atoms with Gasteiger partial charge in [-0.1, -0.05) is 326 Å². The molecule has 7 nitrogen and oxygen atoms in total. The Labute approximate surface area is 473 Å². The van der Waals surface area contributed by atoms with E-state index in [1.54, 1.807) is 6.08 Å². The first kappa shape index (κ1) is 74.0. The molecule has 0 aliphatic carbocycles. The minimum Gasteiger partial charge on any atom is -0.466 e. The number of aliphatic hydroxyl groups excluding tert-OH is 3. The van der Waals surface area contributed by atoms with E-state index in [1.165, 1.54) is 276 Å². The standard InChI is InChI=1S/C69H131NO6/c1-3-5-7-9-11-13-15-17-32-36-40-44-48-52-56-60-69(75)76-63-57-53-49-45-41-37-34-31-29-27-25-23-21-19-18-20-22-24-26-28-30-33-35-39-43-47-51-55-59-68(74)70-66(64-71)67(73)62-61-65(72)58-54-50-46-42-38-16-14-12-10-8-6-4-2/h11,13,17,32,61-62,65-67,71-73H,3-10,12,14-16,18-31,33-60,63-64H2,1-2H3,(H,70,74)/b13-11-,32-17-,62-61+/t65-,66+,67-/m1/s1. The van der Waals surface area contributed by atoms with Crippen molar-refractivity contribution in [2.24, 2.45) is 0 Å². The average Bonchev–Trinajstić information content (AvgIpc) is 3.42. The van der Waals surface area contributed by atoms with Crippen molar-refractivity contribution in [1.29, 1.82) is 0 Å². The zero-order chi connectivity index (χ0) is 55.1. The molecule has 0 radical (unpaired) electrons. The highest BCUT2D eigenvalue weighted by Crippen LogP contribution is 2.18. The van der Waals surface area contributed by atoms with Gasteiger partial charge in [0.25, 0.3) is 0 Å². The SMILES string of the molecule is CCCCC/C=C\C/C=C\CCCCCCCC(=O)OCCCCCCCCCCCCCCCCCCCCCCCCCCCCCCC(=O)N[C@@H](CO)[C@H](O)/C=C/[C@H](O)CCCCCCCCCCCCCC. The van der Waals surface area contributed by atoms with Gasteiger partial charge in [0.2, 0.25) is 5.91 Å². The zero-order valence-electron chi connectivity index (χ0n) is 50.9. The lowest BCUT2D eigenvalue weighted by Gasteiger charge is -2.20. The van der Waals surface area contributed by atoms with Crippen LogP contribution in [0.15, 0.2) is 36.5 Å². The molecular weight excluding hydrogens is 939 g/mol. The van der Waals surface area contributed by atoms with Crippen LogP contribution in [0, 0.1) is 0 Å². The number of amides is 1. The molecule has 0 bridgehead atoms. The van der Waals surface area contributed by atoms with E-state index in [1.807, 2.05) is 0 Å². The fourth-order valence-electron chi connectivity index (χ4n) is 10.5. The molecular formula is C69H131NO6. The van der Waals surface area contributed by atoms with Gasteiger partial charge in [-0.2, -0.15) is 0 Å². The molecule has 0 heterocycles. The van der Waals surface area contributed by atoms with Gasteiger partial charge in [-0.15, -0.1) is 0 Å². The quantitative estimate of drug-likeness (QED) is 0.0274. The van der Waals surface area contributed by atoms with Crippen LogP contribution in [-0.2, 0) is 14.3 Å². The third kappa shape index (κ3) is 59.7. The van der Waals surface area contributed by atoms with Gasteiger partial charge in [0.15, 0.2) is 0 Å². The zero-order valence-corrected chi connectivity index (χ0v) is 50.9. The van der Waals surface area contributed by atoms with E-state index >= 15 is 0 Å². The van der Waals surface area contributed by atoms with Crippen LogP contribution in [0.3, 0.4) is 0 Å². The number of hydrogen-bond acceptors (Lipinski definition) is 6. The number of hydrogen-bond donors (Lipinski definition) is 4. The summed E-state index contributed by atoms with van der Waals surface area (Å²) in [7, 11) is 0. The summed E-state index contributed by atoms with van der Waals surface area (Å²) in [6.07, 6.45) is 77.9. The molecule has 0 aromatic heterocycles. The molecule has 3 atom stereocenters. The number of esters is 1. The van der Waals surface area contributed by atoms with Crippen molar-refractivity contribution in [3.8, 4) is 0 Å². The van der Waals surface area contributed by atoms with Crippen LogP contribution in [0.2, 0.25) is 0 Å². The molecule has 76 heavy (non-hydrogen) atoms. The third-order valence-electron chi connectivity index (χ3n) is 15.7. The second-order valence-electron chi connectivity index (χ2n) is 23.3. The summed E-state index contributed by atoms with van der Waals surface area (Å²) in [5, 5.41) is 33.4. The van der Waals surface area contributed by atoms with Crippen molar-refractivity contribution >= 4 is 11.9 Å². The number of unbranched alkanes of at least 4 members (excludes halogenated alkanes) is 46. The van der Waals surface area contributed by atoms with Crippen molar-refractivity contribution in [3.05, 3.63) is 36.5 Å². The van der Waals surface area contributed by atoms with Crippen LogP contribution in [-0.4, -0.2) is 58.7 Å². The maximum absolute atomic E-state index is 12.5. The molecule has 0 rings (SSSR count). The Morgan fingerprint density at radius 2 is 0.724 bits per heavy atom. The Morgan fingerprint density at radius 1 is 0.395 bits per heavy atom. The Bertz CT molecular complexity index is 1250. The van der Waals surface area contributed by atoms with Gasteiger partial charge in [-0.25, -0.2) is 0 Å². The summed E-state index contributed by atoms with van der Waals surface area (Å²) in [5.74, 6) is -0.125. The Balaban J connectivity index is 3.40. The highest BCUT2D eigenvalue weighted by atomic mass is 16.5. The maximum atomic E-state index is 12.5. The van der Waals surface area contributed by atoms with Gasteiger partial charge in [0.1, 0.15) is 0 Å². The van der Waals surface area contributed by atoms with Crippen molar-refractivity contribution < 1.29 is 29.6 Å².